The summed E-state index contributed by atoms with van der Waals surface area (Å²) >= 11 is 6.09. The largest absolute Gasteiger partial charge is 0.480 e. The number of benzene rings is 2. The van der Waals surface area contributed by atoms with Crippen molar-refractivity contribution >= 4 is 47.0 Å². The van der Waals surface area contributed by atoms with Gasteiger partial charge in [-0.3, -0.25) is 14.4 Å². The van der Waals surface area contributed by atoms with Crippen molar-refractivity contribution in [3.05, 3.63) is 71.4 Å². The zero-order valence-electron chi connectivity index (χ0n) is 22.9. The van der Waals surface area contributed by atoms with Crippen molar-refractivity contribution in [2.24, 2.45) is 0 Å². The number of methoxy groups -OCH3 is 1. The fraction of sp³-hybridized carbons (Fsp3) is 0.310. The van der Waals surface area contributed by atoms with E-state index < -0.39 is 41.5 Å². The third-order valence-corrected chi connectivity index (χ3v) is 6.43. The van der Waals surface area contributed by atoms with Gasteiger partial charge in [0.1, 0.15) is 6.04 Å². The topological polar surface area (TPSA) is 139 Å². The van der Waals surface area contributed by atoms with Crippen LogP contribution >= 0.6 is 11.6 Å². The van der Waals surface area contributed by atoms with Gasteiger partial charge in [-0.05, 0) is 61.7 Å². The van der Waals surface area contributed by atoms with Crippen molar-refractivity contribution in [1.82, 2.24) is 15.3 Å². The zero-order valence-corrected chi connectivity index (χ0v) is 23.7. The molecule has 0 aliphatic rings. The summed E-state index contributed by atoms with van der Waals surface area (Å²) in [4.78, 5) is 58.3. The van der Waals surface area contributed by atoms with Crippen LogP contribution in [-0.4, -0.2) is 52.0 Å². The van der Waals surface area contributed by atoms with Crippen LogP contribution < -0.4 is 10.2 Å². The molecule has 0 bridgehead atoms. The minimum atomic E-state index is -4.59. The number of carboxylic acid groups (broad SMARTS) is 1. The fourth-order valence-electron chi connectivity index (χ4n) is 4.02. The molecule has 10 nitrogen and oxygen atoms in total. The lowest BCUT2D eigenvalue weighted by molar-refractivity contribution is -0.143. The molecule has 3 aromatic rings. The van der Waals surface area contributed by atoms with E-state index in [1.54, 1.807) is 30.3 Å². The Bertz CT molecular complexity index is 1450. The number of esters is 1. The Hall–Kier alpha value is -4.52. The fourth-order valence-corrected chi connectivity index (χ4v) is 4.21. The Balaban J connectivity index is 1.76. The molecule has 228 valence electrons. The monoisotopic (exact) mass is 620 g/mol. The Kier molecular flexibility index (Phi) is 11.6. The van der Waals surface area contributed by atoms with E-state index in [1.165, 1.54) is 13.3 Å². The van der Waals surface area contributed by atoms with E-state index >= 15 is 0 Å². The van der Waals surface area contributed by atoms with Gasteiger partial charge in [-0.25, -0.2) is 19.7 Å². The first kappa shape index (κ1) is 33.0. The van der Waals surface area contributed by atoms with E-state index in [9.17, 15) is 37.5 Å². The lowest BCUT2D eigenvalue weighted by atomic mass is 10.1. The molecule has 0 aliphatic heterocycles. The summed E-state index contributed by atoms with van der Waals surface area (Å²) in [5.74, 6) is -3.13. The number of hydrogen-bond donors (Lipinski definition) is 2. The van der Waals surface area contributed by atoms with Gasteiger partial charge in [-0.2, -0.15) is 13.2 Å². The maximum Gasteiger partial charge on any atom is 0.416 e. The number of aromatic nitrogens is 2. The van der Waals surface area contributed by atoms with Crippen LogP contribution in [0, 0.1) is 0 Å². The maximum atomic E-state index is 13.4. The number of amides is 2. The number of rotatable bonds is 13. The highest BCUT2D eigenvalue weighted by Gasteiger charge is 2.31. The van der Waals surface area contributed by atoms with Crippen LogP contribution in [0.1, 0.15) is 44.1 Å². The summed E-state index contributed by atoms with van der Waals surface area (Å²) < 4.78 is 44.0. The summed E-state index contributed by atoms with van der Waals surface area (Å²) in [5, 5.41) is 12.2. The molecule has 0 saturated heterocycles. The van der Waals surface area contributed by atoms with Crippen LogP contribution in [0.4, 0.5) is 24.8 Å². The SMILES string of the molecule is COC(=O)CCC[C@@H](NC(=O)CCCC(=O)N(c1ccc(C(F)(F)F)cc1)c1nccc(-c2cccc(Cl)c2)n1)C(=O)O. The van der Waals surface area contributed by atoms with Crippen molar-refractivity contribution < 1.29 is 42.2 Å². The van der Waals surface area contributed by atoms with Crippen LogP contribution in [0.2, 0.25) is 5.02 Å². The average molecular weight is 621 g/mol. The highest BCUT2D eigenvalue weighted by atomic mass is 35.5. The normalized spacial score (nSPS) is 11.8. The van der Waals surface area contributed by atoms with Crippen LogP contribution in [-0.2, 0) is 30.1 Å². The Morgan fingerprint density at radius 1 is 1.02 bits per heavy atom. The minimum Gasteiger partial charge on any atom is -0.480 e. The van der Waals surface area contributed by atoms with Crippen molar-refractivity contribution in [3.63, 3.8) is 0 Å². The van der Waals surface area contributed by atoms with E-state index in [-0.39, 0.29) is 50.2 Å². The van der Waals surface area contributed by atoms with Gasteiger partial charge >= 0.3 is 18.1 Å². The number of halogens is 4. The molecule has 0 unspecified atom stereocenters. The smallest absolute Gasteiger partial charge is 0.416 e. The number of carbonyl (C=O) groups excluding carboxylic acids is 3. The number of alkyl halides is 3. The molecule has 1 heterocycles. The van der Waals surface area contributed by atoms with Crippen LogP contribution in [0.25, 0.3) is 11.3 Å². The van der Waals surface area contributed by atoms with Gasteiger partial charge in [0.05, 0.1) is 24.1 Å². The summed E-state index contributed by atoms with van der Waals surface area (Å²) in [5.41, 5.74) is 0.187. The first-order valence-electron chi connectivity index (χ1n) is 13.1. The van der Waals surface area contributed by atoms with E-state index in [2.05, 4.69) is 20.0 Å². The average Bonchev–Trinajstić information content (AvgIpc) is 2.96. The number of aliphatic carboxylic acids is 1. The highest BCUT2D eigenvalue weighted by molar-refractivity contribution is 6.30. The van der Waals surface area contributed by atoms with E-state index in [0.717, 1.165) is 29.2 Å². The molecule has 0 fully saturated rings. The summed E-state index contributed by atoms with van der Waals surface area (Å²) in [7, 11) is 1.21. The highest BCUT2D eigenvalue weighted by Crippen LogP contribution is 2.32. The second-order valence-electron chi connectivity index (χ2n) is 9.31. The van der Waals surface area contributed by atoms with Gasteiger partial charge in [0.15, 0.2) is 0 Å². The van der Waals surface area contributed by atoms with Gasteiger partial charge in [0.25, 0.3) is 0 Å². The molecule has 0 aliphatic carbocycles. The standard InChI is InChI=1S/C29H28ClF3N4O6/c1-43-26(40)10-3-7-23(27(41)42)35-24(38)8-4-9-25(39)37(21-13-11-19(12-14-21)29(31,32)33)28-34-16-15-22(36-28)18-5-2-6-20(30)17-18/h2,5-6,11-17,23H,3-4,7-10H2,1H3,(H,35,38)(H,41,42)/t23-/m1/s1. The Labute approximate surface area is 249 Å². The Morgan fingerprint density at radius 2 is 1.74 bits per heavy atom. The first-order valence-corrected chi connectivity index (χ1v) is 13.4. The molecule has 43 heavy (non-hydrogen) atoms. The summed E-state index contributed by atoms with van der Waals surface area (Å²) in [6.07, 6.45) is -3.49. The molecule has 1 atom stereocenters. The van der Waals surface area contributed by atoms with Crippen LogP contribution in [0.15, 0.2) is 60.8 Å². The number of nitrogens with zero attached hydrogens (tertiary/aromatic N) is 3. The quantitative estimate of drug-likeness (QED) is 0.237. The van der Waals surface area contributed by atoms with Gasteiger partial charge in [-0.1, -0.05) is 23.7 Å². The van der Waals surface area contributed by atoms with E-state index in [1.807, 2.05) is 0 Å². The number of anilines is 2. The second kappa shape index (κ2) is 15.1. The third-order valence-electron chi connectivity index (χ3n) is 6.19. The van der Waals surface area contributed by atoms with Gasteiger partial charge in [-0.15, -0.1) is 0 Å². The summed E-state index contributed by atoms with van der Waals surface area (Å²) in [6, 6.07) is 11.0. The van der Waals surface area contributed by atoms with Crippen molar-refractivity contribution in [3.8, 4) is 11.3 Å². The van der Waals surface area contributed by atoms with Crippen molar-refractivity contribution in [1.29, 1.82) is 0 Å². The molecule has 1 aromatic heterocycles. The minimum absolute atomic E-state index is 0.00287. The maximum absolute atomic E-state index is 13.4. The van der Waals surface area contributed by atoms with Gasteiger partial charge < -0.3 is 15.2 Å². The van der Waals surface area contributed by atoms with Crippen LogP contribution in [0.3, 0.4) is 0 Å². The predicted molar refractivity (Wildman–Crippen MR) is 150 cm³/mol. The first-order chi connectivity index (χ1) is 20.4. The molecular formula is C29H28ClF3N4O6. The molecule has 2 aromatic carbocycles. The summed E-state index contributed by atoms with van der Waals surface area (Å²) in [6.45, 7) is 0. The molecule has 3 rings (SSSR count). The second-order valence-corrected chi connectivity index (χ2v) is 9.74. The number of hydrogen-bond acceptors (Lipinski definition) is 7. The molecule has 0 radical (unpaired) electrons. The lowest BCUT2D eigenvalue weighted by Crippen LogP contribution is -2.40. The van der Waals surface area contributed by atoms with Gasteiger partial charge in [0, 0.05) is 36.0 Å². The van der Waals surface area contributed by atoms with E-state index in [4.69, 9.17) is 11.6 Å². The molecular weight excluding hydrogens is 593 g/mol. The number of nitrogens with one attached hydrogen (secondary N) is 1. The van der Waals surface area contributed by atoms with Crippen molar-refractivity contribution in [2.75, 3.05) is 12.0 Å². The molecule has 14 heteroatoms. The number of carbonyl (C=O) groups is 4. The Morgan fingerprint density at radius 3 is 2.37 bits per heavy atom. The number of ether oxygens (including phenoxy) is 1. The van der Waals surface area contributed by atoms with E-state index in [0.29, 0.717) is 16.3 Å². The van der Waals surface area contributed by atoms with Crippen LogP contribution in [0.5, 0.6) is 0 Å². The molecule has 0 spiro atoms. The molecule has 2 N–H and O–H groups in total. The predicted octanol–water partition coefficient (Wildman–Crippen LogP) is 5.56. The van der Waals surface area contributed by atoms with Crippen molar-refractivity contribution in [2.45, 2.75) is 50.7 Å². The number of carboxylic acids is 1. The lowest BCUT2D eigenvalue weighted by Gasteiger charge is -2.22. The van der Waals surface area contributed by atoms with Gasteiger partial charge in [0.2, 0.25) is 17.8 Å². The molecule has 2 amide bonds. The third kappa shape index (κ3) is 9.77. The molecule has 0 saturated carbocycles. The zero-order chi connectivity index (χ0) is 31.6.